The average Bonchev–Trinajstić information content (AvgIpc) is 2.95. The van der Waals surface area contributed by atoms with Crippen LogP contribution in [0.25, 0.3) is 0 Å². The summed E-state index contributed by atoms with van der Waals surface area (Å²) < 4.78 is 0. The SMILES string of the molecule is Cc1cc2c(cc1C)C(=O)[C@]1(O)CCN(c3ccc(C=O)cc3)C1=N2. The Bertz CT molecular complexity index is 931. The van der Waals surface area contributed by atoms with Gasteiger partial charge in [-0.05, 0) is 61.4 Å². The van der Waals surface area contributed by atoms with Crippen molar-refractivity contribution in [3.8, 4) is 0 Å². The van der Waals surface area contributed by atoms with Crippen molar-refractivity contribution in [2.75, 3.05) is 11.4 Å². The molecule has 0 radical (unpaired) electrons. The van der Waals surface area contributed by atoms with Crippen LogP contribution in [-0.4, -0.2) is 35.2 Å². The molecule has 1 saturated heterocycles. The predicted octanol–water partition coefficient (Wildman–Crippen LogP) is 2.98. The smallest absolute Gasteiger partial charge is 0.204 e. The summed E-state index contributed by atoms with van der Waals surface area (Å²) in [5.74, 6) is 0.0784. The minimum absolute atomic E-state index is 0.289. The largest absolute Gasteiger partial charge is 0.374 e. The molecule has 0 bridgehead atoms. The Labute approximate surface area is 145 Å². The summed E-state index contributed by atoms with van der Waals surface area (Å²) in [6, 6.07) is 10.7. The molecule has 126 valence electrons. The van der Waals surface area contributed by atoms with E-state index in [2.05, 4.69) is 4.99 Å². The van der Waals surface area contributed by atoms with Gasteiger partial charge < -0.3 is 10.0 Å². The van der Waals surface area contributed by atoms with Crippen LogP contribution < -0.4 is 4.90 Å². The molecule has 25 heavy (non-hydrogen) atoms. The second-order valence-corrected chi connectivity index (χ2v) is 6.69. The quantitative estimate of drug-likeness (QED) is 0.857. The molecule has 2 aliphatic rings. The molecule has 2 aromatic rings. The highest BCUT2D eigenvalue weighted by Gasteiger charge is 2.52. The third-order valence-corrected chi connectivity index (χ3v) is 5.12. The number of aryl methyl sites for hydroxylation is 2. The van der Waals surface area contributed by atoms with Crippen LogP contribution in [0.2, 0.25) is 0 Å². The molecule has 0 amide bonds. The molecule has 2 heterocycles. The van der Waals surface area contributed by atoms with E-state index in [1.54, 1.807) is 24.3 Å². The van der Waals surface area contributed by atoms with Gasteiger partial charge in [0, 0.05) is 29.8 Å². The van der Waals surface area contributed by atoms with Crippen molar-refractivity contribution in [1.29, 1.82) is 0 Å². The molecule has 0 unspecified atom stereocenters. The standard InChI is InChI=1S/C20H18N2O3/c1-12-9-16-17(10-13(12)2)21-19-20(25,18(16)24)7-8-22(19)15-5-3-14(11-23)4-6-15/h3-6,9-11,25H,7-8H2,1-2H3/t20-/m1/s1. The second kappa shape index (κ2) is 5.36. The predicted molar refractivity (Wildman–Crippen MR) is 96.1 cm³/mol. The summed E-state index contributed by atoms with van der Waals surface area (Å²) in [5.41, 5.74) is 2.95. The number of carbonyl (C=O) groups is 2. The van der Waals surface area contributed by atoms with Gasteiger partial charge >= 0.3 is 0 Å². The van der Waals surface area contributed by atoms with Crippen molar-refractivity contribution < 1.29 is 14.7 Å². The Kier molecular flexibility index (Phi) is 3.37. The Hall–Kier alpha value is -2.79. The first kappa shape index (κ1) is 15.7. The number of hydrogen-bond acceptors (Lipinski definition) is 5. The van der Waals surface area contributed by atoms with Crippen LogP contribution >= 0.6 is 0 Å². The van der Waals surface area contributed by atoms with Crippen molar-refractivity contribution in [2.24, 2.45) is 4.99 Å². The summed E-state index contributed by atoms with van der Waals surface area (Å²) in [6.45, 7) is 4.42. The lowest BCUT2D eigenvalue weighted by molar-refractivity contribution is 0.0602. The Morgan fingerprint density at radius 1 is 1.16 bits per heavy atom. The number of benzene rings is 2. The van der Waals surface area contributed by atoms with Crippen LogP contribution in [-0.2, 0) is 0 Å². The number of carbonyl (C=O) groups excluding carboxylic acids is 2. The maximum Gasteiger partial charge on any atom is 0.204 e. The van der Waals surface area contributed by atoms with E-state index in [1.165, 1.54) is 0 Å². The van der Waals surface area contributed by atoms with Gasteiger partial charge in [-0.1, -0.05) is 0 Å². The molecule has 1 fully saturated rings. The molecular formula is C20H18N2O3. The molecule has 5 nitrogen and oxygen atoms in total. The minimum atomic E-state index is -1.59. The molecule has 5 heteroatoms. The lowest BCUT2D eigenvalue weighted by Crippen LogP contribution is -2.48. The highest BCUT2D eigenvalue weighted by atomic mass is 16.3. The van der Waals surface area contributed by atoms with Crippen LogP contribution in [0.4, 0.5) is 11.4 Å². The van der Waals surface area contributed by atoms with E-state index < -0.39 is 5.60 Å². The van der Waals surface area contributed by atoms with Crippen LogP contribution in [0.1, 0.15) is 38.3 Å². The Morgan fingerprint density at radius 3 is 2.52 bits per heavy atom. The summed E-state index contributed by atoms with van der Waals surface area (Å²) in [4.78, 5) is 30.3. The number of anilines is 1. The van der Waals surface area contributed by atoms with Crippen LogP contribution in [0.3, 0.4) is 0 Å². The van der Waals surface area contributed by atoms with Gasteiger partial charge in [-0.3, -0.25) is 9.59 Å². The number of rotatable bonds is 2. The molecule has 1 N–H and O–H groups in total. The number of fused-ring (bicyclic) bond motifs is 2. The Balaban J connectivity index is 1.84. The summed E-state index contributed by atoms with van der Waals surface area (Å²) in [5, 5.41) is 11.0. The molecule has 0 saturated carbocycles. The number of ketones is 1. The fraction of sp³-hybridized carbons (Fsp3) is 0.250. The van der Waals surface area contributed by atoms with E-state index in [0.717, 1.165) is 23.1 Å². The van der Waals surface area contributed by atoms with Crippen molar-refractivity contribution in [3.05, 3.63) is 58.7 Å². The molecule has 2 aliphatic heterocycles. The second-order valence-electron chi connectivity index (χ2n) is 6.69. The maximum absolute atomic E-state index is 13.0. The summed E-state index contributed by atoms with van der Waals surface area (Å²) in [7, 11) is 0. The maximum atomic E-state index is 13.0. The number of aldehydes is 1. The van der Waals surface area contributed by atoms with E-state index in [4.69, 9.17) is 0 Å². The lowest BCUT2D eigenvalue weighted by atomic mass is 9.86. The fourth-order valence-corrected chi connectivity index (χ4v) is 3.48. The summed E-state index contributed by atoms with van der Waals surface area (Å²) in [6.07, 6.45) is 1.08. The zero-order valence-corrected chi connectivity index (χ0v) is 14.1. The van der Waals surface area contributed by atoms with E-state index in [9.17, 15) is 14.7 Å². The van der Waals surface area contributed by atoms with Gasteiger partial charge in [0.05, 0.1) is 5.69 Å². The summed E-state index contributed by atoms with van der Waals surface area (Å²) >= 11 is 0. The fourth-order valence-electron chi connectivity index (χ4n) is 3.48. The number of aliphatic imine (C=N–C) groups is 1. The topological polar surface area (TPSA) is 70.0 Å². The molecule has 1 atom stereocenters. The molecule has 0 aromatic heterocycles. The highest BCUT2D eigenvalue weighted by Crippen LogP contribution is 2.40. The number of amidine groups is 1. The van der Waals surface area contributed by atoms with Gasteiger partial charge in [0.15, 0.2) is 5.60 Å². The van der Waals surface area contributed by atoms with Crippen LogP contribution in [0.5, 0.6) is 0 Å². The first-order valence-corrected chi connectivity index (χ1v) is 8.24. The van der Waals surface area contributed by atoms with E-state index in [1.807, 2.05) is 30.9 Å². The molecule has 4 rings (SSSR count). The third kappa shape index (κ3) is 2.23. The number of hydrogen-bond donors (Lipinski definition) is 1. The normalized spacial score (nSPS) is 21.6. The van der Waals surface area contributed by atoms with Gasteiger partial charge in [-0.25, -0.2) is 4.99 Å². The monoisotopic (exact) mass is 334 g/mol. The van der Waals surface area contributed by atoms with Gasteiger partial charge in [-0.2, -0.15) is 0 Å². The average molecular weight is 334 g/mol. The molecule has 0 aliphatic carbocycles. The highest BCUT2D eigenvalue weighted by molar-refractivity contribution is 6.28. The number of aliphatic hydroxyl groups is 1. The first-order chi connectivity index (χ1) is 11.9. The van der Waals surface area contributed by atoms with Gasteiger partial charge in [0.2, 0.25) is 5.78 Å². The van der Waals surface area contributed by atoms with Gasteiger partial charge in [0.1, 0.15) is 12.1 Å². The first-order valence-electron chi connectivity index (χ1n) is 8.24. The van der Waals surface area contributed by atoms with Crippen LogP contribution in [0, 0.1) is 13.8 Å². The molecular weight excluding hydrogens is 316 g/mol. The van der Waals surface area contributed by atoms with E-state index >= 15 is 0 Å². The number of nitrogens with zero attached hydrogens (tertiary/aromatic N) is 2. The zero-order chi connectivity index (χ0) is 17.8. The van der Waals surface area contributed by atoms with Crippen LogP contribution in [0.15, 0.2) is 41.4 Å². The van der Waals surface area contributed by atoms with Crippen molar-refractivity contribution in [1.82, 2.24) is 0 Å². The molecule has 0 spiro atoms. The van der Waals surface area contributed by atoms with Gasteiger partial charge in [-0.15, -0.1) is 0 Å². The minimum Gasteiger partial charge on any atom is -0.374 e. The lowest BCUT2D eigenvalue weighted by Gasteiger charge is -2.30. The van der Waals surface area contributed by atoms with Gasteiger partial charge in [0.25, 0.3) is 0 Å². The molecule has 2 aromatic carbocycles. The van der Waals surface area contributed by atoms with Crippen molar-refractivity contribution in [2.45, 2.75) is 25.9 Å². The van der Waals surface area contributed by atoms with Crippen molar-refractivity contribution in [3.63, 3.8) is 0 Å². The Morgan fingerprint density at radius 2 is 1.84 bits per heavy atom. The third-order valence-electron chi connectivity index (χ3n) is 5.12. The van der Waals surface area contributed by atoms with E-state index in [-0.39, 0.29) is 5.78 Å². The number of Topliss-reactive ketones (excluding diaryl/α,β-unsaturated/α-hetero) is 1. The van der Waals surface area contributed by atoms with Crippen molar-refractivity contribution >= 4 is 29.3 Å². The van der Waals surface area contributed by atoms with E-state index in [0.29, 0.717) is 35.6 Å². The zero-order valence-electron chi connectivity index (χ0n) is 14.1.